The number of rotatable bonds is 11. The van der Waals surface area contributed by atoms with Crippen LogP contribution in [-0.2, 0) is 6.42 Å². The fourth-order valence-corrected chi connectivity index (χ4v) is 3.15. The van der Waals surface area contributed by atoms with Crippen LogP contribution in [0.2, 0.25) is 0 Å². The van der Waals surface area contributed by atoms with E-state index in [2.05, 4.69) is 6.07 Å². The first-order valence-electron chi connectivity index (χ1n) is 10.4. The molecule has 3 rings (SSSR count). The molecular formula is C26H26N2O3. The van der Waals surface area contributed by atoms with E-state index in [0.717, 1.165) is 17.7 Å². The Kier molecular flexibility index (Phi) is 8.51. The second kappa shape index (κ2) is 12.0. The molecule has 0 radical (unpaired) electrons. The van der Waals surface area contributed by atoms with Crippen LogP contribution in [0.25, 0.3) is 0 Å². The van der Waals surface area contributed by atoms with Gasteiger partial charge in [0.25, 0.3) is 5.91 Å². The lowest BCUT2D eigenvalue weighted by Crippen LogP contribution is -2.33. The molecule has 0 N–H and O–H groups in total. The van der Waals surface area contributed by atoms with Crippen molar-refractivity contribution in [2.75, 3.05) is 26.3 Å². The van der Waals surface area contributed by atoms with Gasteiger partial charge in [-0.05, 0) is 42.3 Å². The Morgan fingerprint density at radius 2 is 1.45 bits per heavy atom. The molecule has 158 valence electrons. The summed E-state index contributed by atoms with van der Waals surface area (Å²) in [6.07, 6.45) is 1.04. The Morgan fingerprint density at radius 1 is 0.806 bits per heavy atom. The summed E-state index contributed by atoms with van der Waals surface area (Å²) in [7, 11) is 0. The van der Waals surface area contributed by atoms with Crippen LogP contribution >= 0.6 is 0 Å². The molecule has 0 unspecified atom stereocenters. The van der Waals surface area contributed by atoms with Gasteiger partial charge in [0, 0.05) is 18.7 Å². The standard InChI is InChI=1S/C26H26N2O3/c27-16-8-17-28(18-15-22-9-3-1-4-10-22)26(29)23-11-7-14-25(21-23)31-20-19-30-24-12-5-2-6-13-24/h1-7,9-14,21H,8,15,17-20H2. The Labute approximate surface area is 183 Å². The zero-order valence-corrected chi connectivity index (χ0v) is 17.4. The van der Waals surface area contributed by atoms with Gasteiger partial charge in [0.05, 0.1) is 12.5 Å². The molecule has 0 heterocycles. The Balaban J connectivity index is 1.57. The Bertz CT molecular complexity index is 984. The summed E-state index contributed by atoms with van der Waals surface area (Å²) in [5.74, 6) is 1.31. The number of ether oxygens (including phenoxy) is 2. The van der Waals surface area contributed by atoms with Crippen molar-refractivity contribution in [1.29, 1.82) is 5.26 Å². The molecule has 0 saturated heterocycles. The summed E-state index contributed by atoms with van der Waals surface area (Å²) in [4.78, 5) is 14.8. The third kappa shape index (κ3) is 7.20. The summed E-state index contributed by atoms with van der Waals surface area (Å²) in [6.45, 7) is 1.74. The second-order valence-corrected chi connectivity index (χ2v) is 6.97. The number of nitrogens with zero attached hydrogens (tertiary/aromatic N) is 2. The first kappa shape index (κ1) is 21.9. The van der Waals surface area contributed by atoms with E-state index in [0.29, 0.717) is 44.0 Å². The lowest BCUT2D eigenvalue weighted by Gasteiger charge is -2.22. The molecule has 3 aromatic carbocycles. The van der Waals surface area contributed by atoms with Crippen LogP contribution in [-0.4, -0.2) is 37.1 Å². The third-order valence-corrected chi connectivity index (χ3v) is 4.74. The fourth-order valence-electron chi connectivity index (χ4n) is 3.15. The number of benzene rings is 3. The van der Waals surface area contributed by atoms with Crippen molar-refractivity contribution in [3.05, 3.63) is 96.1 Å². The number of hydrogen-bond donors (Lipinski definition) is 0. The molecule has 0 fully saturated rings. The van der Waals surface area contributed by atoms with E-state index in [9.17, 15) is 4.79 Å². The van der Waals surface area contributed by atoms with Gasteiger partial charge in [-0.25, -0.2) is 0 Å². The average molecular weight is 415 g/mol. The minimum atomic E-state index is -0.0998. The second-order valence-electron chi connectivity index (χ2n) is 6.97. The quantitative estimate of drug-likeness (QED) is 0.425. The molecule has 0 saturated carbocycles. The molecule has 0 aliphatic heterocycles. The van der Waals surface area contributed by atoms with E-state index in [-0.39, 0.29) is 5.91 Å². The van der Waals surface area contributed by atoms with Gasteiger partial charge < -0.3 is 14.4 Å². The molecule has 5 heteroatoms. The highest BCUT2D eigenvalue weighted by molar-refractivity contribution is 5.94. The maximum atomic E-state index is 13.1. The van der Waals surface area contributed by atoms with Crippen LogP contribution in [0.5, 0.6) is 11.5 Å². The number of para-hydroxylation sites is 1. The van der Waals surface area contributed by atoms with Crippen LogP contribution in [0.1, 0.15) is 22.3 Å². The SMILES string of the molecule is N#CCCN(CCc1ccccc1)C(=O)c1cccc(OCCOc2ccccc2)c1. The number of carbonyl (C=O) groups is 1. The van der Waals surface area contributed by atoms with E-state index < -0.39 is 0 Å². The molecule has 0 aliphatic rings. The molecule has 0 spiro atoms. The molecule has 1 amide bonds. The van der Waals surface area contributed by atoms with Gasteiger partial charge in [0.2, 0.25) is 0 Å². The lowest BCUT2D eigenvalue weighted by molar-refractivity contribution is 0.0760. The van der Waals surface area contributed by atoms with Crippen molar-refractivity contribution in [2.24, 2.45) is 0 Å². The van der Waals surface area contributed by atoms with Gasteiger partial charge in [-0.2, -0.15) is 5.26 Å². The Hall–Kier alpha value is -3.78. The highest BCUT2D eigenvalue weighted by atomic mass is 16.5. The lowest BCUT2D eigenvalue weighted by atomic mass is 10.1. The predicted octanol–water partition coefficient (Wildman–Crippen LogP) is 4.74. The van der Waals surface area contributed by atoms with Crippen molar-refractivity contribution in [1.82, 2.24) is 4.90 Å². The van der Waals surface area contributed by atoms with Crippen LogP contribution in [0.4, 0.5) is 0 Å². The molecule has 0 aromatic heterocycles. The van der Waals surface area contributed by atoms with Crippen LogP contribution in [0.15, 0.2) is 84.9 Å². The largest absolute Gasteiger partial charge is 0.490 e. The normalized spacial score (nSPS) is 10.2. The molecule has 0 atom stereocenters. The highest BCUT2D eigenvalue weighted by Crippen LogP contribution is 2.16. The van der Waals surface area contributed by atoms with E-state index in [4.69, 9.17) is 14.7 Å². The average Bonchev–Trinajstić information content (AvgIpc) is 2.83. The molecule has 0 aliphatic carbocycles. The van der Waals surface area contributed by atoms with Gasteiger partial charge in [-0.1, -0.05) is 54.6 Å². The van der Waals surface area contributed by atoms with Gasteiger partial charge in [-0.3, -0.25) is 4.79 Å². The van der Waals surface area contributed by atoms with Crippen LogP contribution in [0.3, 0.4) is 0 Å². The van der Waals surface area contributed by atoms with Gasteiger partial charge >= 0.3 is 0 Å². The van der Waals surface area contributed by atoms with Gasteiger partial charge in [0.1, 0.15) is 24.7 Å². The maximum absolute atomic E-state index is 13.1. The monoisotopic (exact) mass is 414 g/mol. The van der Waals surface area contributed by atoms with Crippen molar-refractivity contribution in [3.8, 4) is 17.6 Å². The molecule has 31 heavy (non-hydrogen) atoms. The topological polar surface area (TPSA) is 62.6 Å². The van der Waals surface area contributed by atoms with E-state index in [1.54, 1.807) is 23.1 Å². The summed E-state index contributed by atoms with van der Waals surface area (Å²) < 4.78 is 11.4. The zero-order valence-electron chi connectivity index (χ0n) is 17.4. The van der Waals surface area contributed by atoms with E-state index >= 15 is 0 Å². The van der Waals surface area contributed by atoms with Crippen molar-refractivity contribution in [3.63, 3.8) is 0 Å². The summed E-state index contributed by atoms with van der Waals surface area (Å²) in [5.41, 5.74) is 1.71. The molecular weight excluding hydrogens is 388 g/mol. The number of nitriles is 1. The van der Waals surface area contributed by atoms with Crippen molar-refractivity contribution in [2.45, 2.75) is 12.8 Å². The third-order valence-electron chi connectivity index (χ3n) is 4.74. The minimum absolute atomic E-state index is 0.0998. The van der Waals surface area contributed by atoms with Crippen molar-refractivity contribution >= 4 is 5.91 Å². The van der Waals surface area contributed by atoms with E-state index in [1.165, 1.54) is 0 Å². The fraction of sp³-hybridized carbons (Fsp3) is 0.231. The molecule has 3 aromatic rings. The highest BCUT2D eigenvalue weighted by Gasteiger charge is 2.16. The summed E-state index contributed by atoms with van der Waals surface area (Å²) >= 11 is 0. The smallest absolute Gasteiger partial charge is 0.254 e. The summed E-state index contributed by atoms with van der Waals surface area (Å²) in [5, 5.41) is 8.98. The number of hydrogen-bond acceptors (Lipinski definition) is 4. The Morgan fingerprint density at radius 3 is 2.16 bits per heavy atom. The zero-order chi connectivity index (χ0) is 21.7. The van der Waals surface area contributed by atoms with Crippen LogP contribution < -0.4 is 9.47 Å². The van der Waals surface area contributed by atoms with E-state index in [1.807, 2.05) is 66.7 Å². The van der Waals surface area contributed by atoms with Gasteiger partial charge in [0.15, 0.2) is 0 Å². The first-order valence-corrected chi connectivity index (χ1v) is 10.4. The van der Waals surface area contributed by atoms with Crippen molar-refractivity contribution < 1.29 is 14.3 Å². The number of amides is 1. The predicted molar refractivity (Wildman–Crippen MR) is 120 cm³/mol. The van der Waals surface area contributed by atoms with Gasteiger partial charge in [-0.15, -0.1) is 0 Å². The minimum Gasteiger partial charge on any atom is -0.490 e. The molecule has 5 nitrogen and oxygen atoms in total. The summed E-state index contributed by atoms with van der Waals surface area (Å²) in [6, 6.07) is 28.9. The first-order chi connectivity index (χ1) is 15.3. The molecule has 0 bridgehead atoms. The number of carbonyl (C=O) groups excluding carboxylic acids is 1. The maximum Gasteiger partial charge on any atom is 0.254 e. The van der Waals surface area contributed by atoms with Crippen LogP contribution in [0, 0.1) is 11.3 Å².